The van der Waals surface area contributed by atoms with Crippen molar-refractivity contribution in [1.82, 2.24) is 19.5 Å². The van der Waals surface area contributed by atoms with Crippen molar-refractivity contribution in [2.75, 3.05) is 13.2 Å². The first kappa shape index (κ1) is 24.0. The van der Waals surface area contributed by atoms with Crippen LogP contribution in [0.2, 0.25) is 0 Å². The molecule has 0 saturated carbocycles. The molecule has 4 heterocycles. The van der Waals surface area contributed by atoms with Crippen molar-refractivity contribution in [3.8, 4) is 22.8 Å². The molecule has 3 aromatic heterocycles. The SMILES string of the molecule is CC(=O)O.NCc1cccc(Cn2cc(-c3nc4cc5c(cc4[nH]c3=O)OCCO5)c3ccccc32)n1. The topological polar surface area (TPSA) is 145 Å². The average Bonchev–Trinajstić information content (AvgIpc) is 3.25. The van der Waals surface area contributed by atoms with E-state index in [-0.39, 0.29) is 5.56 Å². The quantitative estimate of drug-likeness (QED) is 0.341. The molecule has 2 aromatic carbocycles. The molecule has 10 nitrogen and oxygen atoms in total. The van der Waals surface area contributed by atoms with Gasteiger partial charge >= 0.3 is 0 Å². The first-order chi connectivity index (χ1) is 17.9. The summed E-state index contributed by atoms with van der Waals surface area (Å²) in [4.78, 5) is 34.4. The Kier molecular flexibility index (Phi) is 6.57. The molecule has 37 heavy (non-hydrogen) atoms. The monoisotopic (exact) mass is 499 g/mol. The molecule has 0 aliphatic carbocycles. The third-order valence-corrected chi connectivity index (χ3v) is 5.81. The van der Waals surface area contributed by atoms with Gasteiger partial charge in [0.2, 0.25) is 0 Å². The standard InChI is InChI=1S/C25H21N5O3.C2H4O2/c26-12-15-4-3-5-16(27-15)13-30-14-18(17-6-1-2-7-21(17)30)24-25(31)29-20-11-23-22(10-19(20)28-24)32-8-9-33-23;1-2(3)4/h1-7,10-11,14H,8-9,12-13,26H2,(H,29,31);1H3,(H,3,4). The van der Waals surface area contributed by atoms with Crippen molar-refractivity contribution in [2.45, 2.75) is 20.0 Å². The molecule has 1 aliphatic rings. The van der Waals surface area contributed by atoms with E-state index in [4.69, 9.17) is 30.1 Å². The van der Waals surface area contributed by atoms with E-state index in [0.717, 1.165) is 34.8 Å². The van der Waals surface area contributed by atoms with Crippen LogP contribution in [0.15, 0.2) is 65.6 Å². The van der Waals surface area contributed by atoms with E-state index in [1.54, 1.807) is 6.07 Å². The number of carbonyl (C=O) groups is 1. The molecule has 0 fully saturated rings. The van der Waals surface area contributed by atoms with Gasteiger partial charge < -0.3 is 29.9 Å². The van der Waals surface area contributed by atoms with Gasteiger partial charge in [0.1, 0.15) is 18.9 Å². The molecule has 0 radical (unpaired) electrons. The molecule has 5 aromatic rings. The smallest absolute Gasteiger partial charge is 0.300 e. The van der Waals surface area contributed by atoms with Gasteiger partial charge in [0.25, 0.3) is 11.5 Å². The Morgan fingerprint density at radius 2 is 1.76 bits per heavy atom. The fourth-order valence-electron chi connectivity index (χ4n) is 4.28. The molecule has 188 valence electrons. The molecule has 0 atom stereocenters. The van der Waals surface area contributed by atoms with Crippen LogP contribution in [-0.4, -0.2) is 43.8 Å². The maximum absolute atomic E-state index is 13.1. The summed E-state index contributed by atoms with van der Waals surface area (Å²) < 4.78 is 13.4. The molecule has 10 heteroatoms. The summed E-state index contributed by atoms with van der Waals surface area (Å²) in [7, 11) is 0. The van der Waals surface area contributed by atoms with Gasteiger partial charge in [-0.3, -0.25) is 14.6 Å². The van der Waals surface area contributed by atoms with Crippen molar-refractivity contribution in [2.24, 2.45) is 5.73 Å². The first-order valence-corrected chi connectivity index (χ1v) is 11.7. The summed E-state index contributed by atoms with van der Waals surface area (Å²) in [6.45, 7) is 3.00. The zero-order valence-electron chi connectivity index (χ0n) is 20.1. The van der Waals surface area contributed by atoms with Crippen LogP contribution in [0.3, 0.4) is 0 Å². The lowest BCUT2D eigenvalue weighted by Gasteiger charge is -2.18. The molecule has 1 aliphatic heterocycles. The number of nitrogens with one attached hydrogen (secondary N) is 1. The highest BCUT2D eigenvalue weighted by Crippen LogP contribution is 2.34. The summed E-state index contributed by atoms with van der Waals surface area (Å²) in [5, 5.41) is 8.36. The largest absolute Gasteiger partial charge is 0.486 e. The van der Waals surface area contributed by atoms with Crippen LogP contribution in [0.25, 0.3) is 33.2 Å². The van der Waals surface area contributed by atoms with Gasteiger partial charge in [-0.25, -0.2) is 4.98 Å². The lowest BCUT2D eigenvalue weighted by atomic mass is 10.1. The van der Waals surface area contributed by atoms with Crippen LogP contribution in [-0.2, 0) is 17.9 Å². The number of nitrogens with zero attached hydrogens (tertiary/aromatic N) is 3. The number of hydrogen-bond acceptors (Lipinski definition) is 7. The van der Waals surface area contributed by atoms with E-state index in [1.807, 2.05) is 54.7 Å². The number of para-hydroxylation sites is 1. The molecule has 0 saturated heterocycles. The summed E-state index contributed by atoms with van der Waals surface area (Å²) >= 11 is 0. The van der Waals surface area contributed by atoms with E-state index in [9.17, 15) is 4.79 Å². The number of aliphatic carboxylic acids is 1. The van der Waals surface area contributed by atoms with Gasteiger partial charge in [-0.1, -0.05) is 24.3 Å². The van der Waals surface area contributed by atoms with Crippen LogP contribution in [0.5, 0.6) is 11.5 Å². The Morgan fingerprint density at radius 1 is 1.05 bits per heavy atom. The van der Waals surface area contributed by atoms with E-state index in [1.165, 1.54) is 0 Å². The number of rotatable bonds is 4. The first-order valence-electron chi connectivity index (χ1n) is 11.7. The number of aromatic amines is 1. The fraction of sp³-hybridized carbons (Fsp3) is 0.185. The predicted octanol–water partition coefficient (Wildman–Crippen LogP) is 3.31. The van der Waals surface area contributed by atoms with Gasteiger partial charge in [-0.2, -0.15) is 0 Å². The van der Waals surface area contributed by atoms with Crippen LogP contribution in [0.4, 0.5) is 0 Å². The van der Waals surface area contributed by atoms with Crippen molar-refractivity contribution in [1.29, 1.82) is 0 Å². The molecule has 4 N–H and O–H groups in total. The van der Waals surface area contributed by atoms with E-state index < -0.39 is 5.97 Å². The predicted molar refractivity (Wildman–Crippen MR) is 139 cm³/mol. The zero-order valence-corrected chi connectivity index (χ0v) is 20.1. The van der Waals surface area contributed by atoms with Crippen molar-refractivity contribution in [3.63, 3.8) is 0 Å². The summed E-state index contributed by atoms with van der Waals surface area (Å²) in [6.07, 6.45) is 1.96. The lowest BCUT2D eigenvalue weighted by Crippen LogP contribution is -2.16. The Morgan fingerprint density at radius 3 is 2.51 bits per heavy atom. The van der Waals surface area contributed by atoms with Crippen molar-refractivity contribution < 1.29 is 19.4 Å². The second kappa shape index (κ2) is 10.1. The Labute approximate surface area is 211 Å². The molecule has 0 bridgehead atoms. The Bertz CT molecular complexity index is 1670. The maximum atomic E-state index is 13.1. The van der Waals surface area contributed by atoms with E-state index in [0.29, 0.717) is 54.5 Å². The molecule has 0 spiro atoms. The highest BCUT2D eigenvalue weighted by Gasteiger charge is 2.18. The number of benzene rings is 2. The number of aromatic nitrogens is 4. The van der Waals surface area contributed by atoms with Gasteiger partial charge in [0.05, 0.1) is 29.0 Å². The number of nitrogens with two attached hydrogens (primary N) is 1. The van der Waals surface area contributed by atoms with Crippen LogP contribution in [0.1, 0.15) is 18.3 Å². The molecule has 6 rings (SSSR count). The summed E-state index contributed by atoms with van der Waals surface area (Å²) in [5.41, 5.74) is 10.6. The fourth-order valence-corrected chi connectivity index (χ4v) is 4.28. The number of carboxylic acids is 1. The van der Waals surface area contributed by atoms with E-state index in [2.05, 4.69) is 14.5 Å². The third-order valence-electron chi connectivity index (χ3n) is 5.81. The summed E-state index contributed by atoms with van der Waals surface area (Å²) in [6, 6.07) is 17.4. The number of H-pyrrole nitrogens is 1. The molecule has 0 unspecified atom stereocenters. The van der Waals surface area contributed by atoms with Gasteiger partial charge in [0, 0.05) is 48.3 Å². The lowest BCUT2D eigenvalue weighted by molar-refractivity contribution is -0.134. The summed E-state index contributed by atoms with van der Waals surface area (Å²) in [5.74, 6) is 0.412. The van der Waals surface area contributed by atoms with Crippen molar-refractivity contribution in [3.05, 3.63) is 82.5 Å². The minimum atomic E-state index is -0.833. The minimum Gasteiger partial charge on any atom is -0.486 e. The van der Waals surface area contributed by atoms with Crippen molar-refractivity contribution >= 4 is 27.9 Å². The normalized spacial score (nSPS) is 12.3. The molecular formula is C27H25N5O5. The Hall–Kier alpha value is -4.70. The molecule has 0 amide bonds. The highest BCUT2D eigenvalue weighted by atomic mass is 16.6. The molecular weight excluding hydrogens is 474 g/mol. The average molecular weight is 500 g/mol. The number of ether oxygens (including phenoxy) is 2. The number of fused-ring (bicyclic) bond motifs is 3. The number of carboxylic acid groups (broad SMARTS) is 1. The minimum absolute atomic E-state index is 0.259. The number of hydrogen-bond donors (Lipinski definition) is 3. The Balaban J connectivity index is 0.000000655. The number of pyridine rings is 1. The second-order valence-electron chi connectivity index (χ2n) is 8.46. The second-order valence-corrected chi connectivity index (χ2v) is 8.46. The van der Waals surface area contributed by atoms with Crippen LogP contribution in [0, 0.1) is 0 Å². The highest BCUT2D eigenvalue weighted by molar-refractivity contribution is 5.96. The van der Waals surface area contributed by atoms with E-state index >= 15 is 0 Å². The van der Waals surface area contributed by atoms with Gasteiger partial charge in [0.15, 0.2) is 11.5 Å². The maximum Gasteiger partial charge on any atom is 0.300 e. The van der Waals surface area contributed by atoms with Crippen LogP contribution < -0.4 is 20.8 Å². The third kappa shape index (κ3) is 5.00. The van der Waals surface area contributed by atoms with Gasteiger partial charge in [-0.15, -0.1) is 0 Å². The zero-order chi connectivity index (χ0) is 25.9. The van der Waals surface area contributed by atoms with Gasteiger partial charge in [-0.05, 0) is 18.2 Å². The van der Waals surface area contributed by atoms with Crippen LogP contribution >= 0.6 is 0 Å².